The van der Waals surface area contributed by atoms with E-state index in [0.29, 0.717) is 16.5 Å². The van der Waals surface area contributed by atoms with Crippen molar-refractivity contribution in [1.82, 2.24) is 14.6 Å². The Morgan fingerprint density at radius 1 is 1.57 bits per heavy atom. The standard InChI is InChI=1S/C9H8ClN3O/c10-6-3-4-13-7(6)9(14)11-8(12-13)5-1-2-5/h3-5H,1-2H2,(H,11,12,14). The molecule has 5 heteroatoms. The highest BCUT2D eigenvalue weighted by molar-refractivity contribution is 6.33. The van der Waals surface area contributed by atoms with Gasteiger partial charge in [-0.2, -0.15) is 5.10 Å². The average Bonchev–Trinajstić information content (AvgIpc) is 2.92. The smallest absolute Gasteiger partial charge is 0.276 e. The summed E-state index contributed by atoms with van der Waals surface area (Å²) >= 11 is 5.84. The van der Waals surface area contributed by atoms with Crippen LogP contribution in [-0.2, 0) is 0 Å². The molecule has 0 aliphatic heterocycles. The van der Waals surface area contributed by atoms with E-state index in [1.54, 1.807) is 16.8 Å². The summed E-state index contributed by atoms with van der Waals surface area (Å²) in [6.45, 7) is 0. The Labute approximate surface area is 84.5 Å². The molecule has 3 rings (SSSR count). The van der Waals surface area contributed by atoms with Gasteiger partial charge in [0, 0.05) is 12.1 Å². The minimum atomic E-state index is -0.156. The molecule has 0 spiro atoms. The molecule has 0 aromatic carbocycles. The number of hydrogen-bond donors (Lipinski definition) is 1. The van der Waals surface area contributed by atoms with E-state index in [1.165, 1.54) is 0 Å². The predicted octanol–water partition coefficient (Wildman–Crippen LogP) is 1.55. The summed E-state index contributed by atoms with van der Waals surface area (Å²) in [6, 6.07) is 1.68. The van der Waals surface area contributed by atoms with Gasteiger partial charge in [0.25, 0.3) is 5.56 Å². The number of rotatable bonds is 1. The first kappa shape index (κ1) is 8.05. The summed E-state index contributed by atoms with van der Waals surface area (Å²) < 4.78 is 1.55. The molecule has 0 bridgehead atoms. The molecule has 1 saturated carbocycles. The molecule has 2 aromatic heterocycles. The fourth-order valence-electron chi connectivity index (χ4n) is 1.55. The van der Waals surface area contributed by atoms with E-state index in [-0.39, 0.29) is 5.56 Å². The van der Waals surface area contributed by atoms with Gasteiger partial charge in [-0.15, -0.1) is 0 Å². The minimum Gasteiger partial charge on any atom is -0.307 e. The van der Waals surface area contributed by atoms with Crippen molar-refractivity contribution in [3.8, 4) is 0 Å². The van der Waals surface area contributed by atoms with Crippen LogP contribution in [0.3, 0.4) is 0 Å². The summed E-state index contributed by atoms with van der Waals surface area (Å²) in [6.07, 6.45) is 3.94. The number of aromatic nitrogens is 3. The van der Waals surface area contributed by atoms with Crippen molar-refractivity contribution in [2.24, 2.45) is 0 Å². The first-order chi connectivity index (χ1) is 6.75. The normalized spacial score (nSPS) is 16.4. The topological polar surface area (TPSA) is 50.2 Å². The average molecular weight is 210 g/mol. The highest BCUT2D eigenvalue weighted by Crippen LogP contribution is 2.37. The molecule has 2 heterocycles. The van der Waals surface area contributed by atoms with Gasteiger partial charge in [0.15, 0.2) is 0 Å². The number of nitrogens with zero attached hydrogens (tertiary/aromatic N) is 2. The van der Waals surface area contributed by atoms with Crippen molar-refractivity contribution in [3.63, 3.8) is 0 Å². The predicted molar refractivity (Wildman–Crippen MR) is 52.8 cm³/mol. The van der Waals surface area contributed by atoms with Crippen molar-refractivity contribution in [1.29, 1.82) is 0 Å². The fraction of sp³-hybridized carbons (Fsp3) is 0.333. The van der Waals surface area contributed by atoms with Crippen LogP contribution in [0.2, 0.25) is 5.02 Å². The lowest BCUT2D eigenvalue weighted by atomic mass is 10.4. The zero-order valence-corrected chi connectivity index (χ0v) is 8.08. The summed E-state index contributed by atoms with van der Waals surface area (Å²) in [5, 5.41) is 4.74. The molecular weight excluding hydrogens is 202 g/mol. The molecule has 1 aliphatic rings. The quantitative estimate of drug-likeness (QED) is 0.775. The molecule has 0 amide bonds. The van der Waals surface area contributed by atoms with Gasteiger partial charge < -0.3 is 4.98 Å². The zero-order valence-electron chi connectivity index (χ0n) is 7.33. The first-order valence-electron chi connectivity index (χ1n) is 4.53. The van der Waals surface area contributed by atoms with Crippen LogP contribution < -0.4 is 5.56 Å². The molecule has 4 nitrogen and oxygen atoms in total. The Hall–Kier alpha value is -1.29. The third kappa shape index (κ3) is 1.07. The van der Waals surface area contributed by atoms with Crippen LogP contribution in [0.15, 0.2) is 17.1 Å². The van der Waals surface area contributed by atoms with Gasteiger partial charge in [-0.25, -0.2) is 4.52 Å². The van der Waals surface area contributed by atoms with Crippen molar-refractivity contribution < 1.29 is 0 Å². The molecule has 0 saturated heterocycles. The second kappa shape index (κ2) is 2.60. The number of H-pyrrole nitrogens is 1. The monoisotopic (exact) mass is 209 g/mol. The van der Waals surface area contributed by atoms with Gasteiger partial charge in [-0.3, -0.25) is 4.79 Å². The minimum absolute atomic E-state index is 0.156. The van der Waals surface area contributed by atoms with E-state index in [0.717, 1.165) is 18.7 Å². The second-order valence-corrected chi connectivity index (χ2v) is 3.98. The molecule has 0 radical (unpaired) electrons. The number of aromatic amines is 1. The van der Waals surface area contributed by atoms with Crippen molar-refractivity contribution in [2.75, 3.05) is 0 Å². The van der Waals surface area contributed by atoms with Crippen molar-refractivity contribution in [3.05, 3.63) is 33.5 Å². The van der Waals surface area contributed by atoms with Gasteiger partial charge in [0.2, 0.25) is 0 Å². The van der Waals surface area contributed by atoms with Crippen LogP contribution in [0.25, 0.3) is 5.52 Å². The number of nitrogens with one attached hydrogen (secondary N) is 1. The second-order valence-electron chi connectivity index (χ2n) is 3.57. The van der Waals surface area contributed by atoms with E-state index in [9.17, 15) is 4.79 Å². The molecule has 72 valence electrons. The van der Waals surface area contributed by atoms with E-state index in [4.69, 9.17) is 11.6 Å². The summed E-state index contributed by atoms with van der Waals surface area (Å²) in [7, 11) is 0. The third-order valence-electron chi connectivity index (χ3n) is 2.45. The Morgan fingerprint density at radius 2 is 2.36 bits per heavy atom. The lowest BCUT2D eigenvalue weighted by molar-refractivity contribution is 0.792. The Kier molecular flexibility index (Phi) is 1.50. The lowest BCUT2D eigenvalue weighted by Crippen LogP contribution is -2.15. The SMILES string of the molecule is O=c1[nH]c(C2CC2)nn2ccc(Cl)c12. The lowest BCUT2D eigenvalue weighted by Gasteiger charge is -1.98. The number of fused-ring (bicyclic) bond motifs is 1. The van der Waals surface area contributed by atoms with Crippen LogP contribution in [0.5, 0.6) is 0 Å². The summed E-state index contributed by atoms with van der Waals surface area (Å²) in [5.74, 6) is 1.21. The van der Waals surface area contributed by atoms with Crippen LogP contribution in [-0.4, -0.2) is 14.6 Å². The molecule has 1 aliphatic carbocycles. The van der Waals surface area contributed by atoms with E-state index in [2.05, 4.69) is 10.1 Å². The molecule has 0 atom stereocenters. The van der Waals surface area contributed by atoms with Crippen LogP contribution in [0.4, 0.5) is 0 Å². The van der Waals surface area contributed by atoms with Gasteiger partial charge in [0.05, 0.1) is 5.02 Å². The van der Waals surface area contributed by atoms with Crippen LogP contribution in [0, 0.1) is 0 Å². The highest BCUT2D eigenvalue weighted by Gasteiger charge is 2.27. The maximum atomic E-state index is 11.6. The molecule has 0 unspecified atom stereocenters. The number of halogens is 1. The Bertz CT molecular complexity index is 553. The van der Waals surface area contributed by atoms with Gasteiger partial charge in [-0.1, -0.05) is 11.6 Å². The maximum Gasteiger partial charge on any atom is 0.276 e. The van der Waals surface area contributed by atoms with E-state index >= 15 is 0 Å². The van der Waals surface area contributed by atoms with Crippen molar-refractivity contribution in [2.45, 2.75) is 18.8 Å². The molecule has 2 aromatic rings. The Balaban J connectivity index is 2.34. The van der Waals surface area contributed by atoms with Gasteiger partial charge in [0.1, 0.15) is 11.3 Å². The van der Waals surface area contributed by atoms with Crippen LogP contribution in [0.1, 0.15) is 24.6 Å². The van der Waals surface area contributed by atoms with E-state index < -0.39 is 0 Å². The number of hydrogen-bond acceptors (Lipinski definition) is 2. The largest absolute Gasteiger partial charge is 0.307 e. The van der Waals surface area contributed by atoms with Crippen LogP contribution >= 0.6 is 11.6 Å². The molecule has 1 fully saturated rings. The molecule has 14 heavy (non-hydrogen) atoms. The van der Waals surface area contributed by atoms with Gasteiger partial charge >= 0.3 is 0 Å². The fourth-order valence-corrected chi connectivity index (χ4v) is 1.78. The van der Waals surface area contributed by atoms with Crippen molar-refractivity contribution >= 4 is 17.1 Å². The Morgan fingerprint density at radius 3 is 3.07 bits per heavy atom. The van der Waals surface area contributed by atoms with Gasteiger partial charge in [-0.05, 0) is 18.9 Å². The van der Waals surface area contributed by atoms with E-state index in [1.807, 2.05) is 0 Å². The zero-order chi connectivity index (χ0) is 9.71. The summed E-state index contributed by atoms with van der Waals surface area (Å²) in [5.41, 5.74) is 0.271. The molecular formula is C9H8ClN3O. The molecule has 1 N–H and O–H groups in total. The summed E-state index contributed by atoms with van der Waals surface area (Å²) in [4.78, 5) is 14.4. The maximum absolute atomic E-state index is 11.6. The third-order valence-corrected chi connectivity index (χ3v) is 2.76. The first-order valence-corrected chi connectivity index (χ1v) is 4.90. The highest BCUT2D eigenvalue weighted by atomic mass is 35.5.